The summed E-state index contributed by atoms with van der Waals surface area (Å²) in [6, 6.07) is 6.72. The Morgan fingerprint density at radius 1 is 1.29 bits per heavy atom. The number of hydrogen-bond donors (Lipinski definition) is 2. The van der Waals surface area contributed by atoms with Crippen LogP contribution in [0.2, 0.25) is 0 Å². The summed E-state index contributed by atoms with van der Waals surface area (Å²) in [7, 11) is 1.36. The quantitative estimate of drug-likeness (QED) is 0.741. The van der Waals surface area contributed by atoms with Gasteiger partial charge in [0, 0.05) is 12.8 Å². The molecule has 1 aromatic heterocycles. The maximum atomic E-state index is 12.2. The Hall–Kier alpha value is -2.32. The van der Waals surface area contributed by atoms with Crippen LogP contribution in [-0.2, 0) is 20.7 Å². The van der Waals surface area contributed by atoms with Gasteiger partial charge in [-0.1, -0.05) is 41.2 Å². The van der Waals surface area contributed by atoms with Gasteiger partial charge in [0.1, 0.15) is 11.0 Å². The van der Waals surface area contributed by atoms with Crippen molar-refractivity contribution in [2.75, 3.05) is 12.4 Å². The molecule has 128 valence electrons. The predicted molar refractivity (Wildman–Crippen MR) is 91.6 cm³/mol. The van der Waals surface area contributed by atoms with Gasteiger partial charge in [0.15, 0.2) is 0 Å². The van der Waals surface area contributed by atoms with Gasteiger partial charge in [0.05, 0.1) is 7.11 Å². The van der Waals surface area contributed by atoms with Crippen LogP contribution in [0, 0.1) is 6.92 Å². The van der Waals surface area contributed by atoms with E-state index in [1.165, 1.54) is 18.4 Å². The minimum absolute atomic E-state index is 0.253. The van der Waals surface area contributed by atoms with Gasteiger partial charge in [0.25, 0.3) is 0 Å². The Bertz CT molecular complexity index is 700. The second-order valence-corrected chi connectivity index (χ2v) is 6.37. The number of rotatable bonds is 7. The predicted octanol–water partition coefficient (Wildman–Crippen LogP) is 1.98. The van der Waals surface area contributed by atoms with E-state index in [4.69, 9.17) is 5.73 Å². The molecule has 1 aromatic carbocycles. The highest BCUT2D eigenvalue weighted by Crippen LogP contribution is 2.19. The lowest BCUT2D eigenvalue weighted by Crippen LogP contribution is -2.27. The van der Waals surface area contributed by atoms with Crippen molar-refractivity contribution in [2.45, 2.75) is 32.2 Å². The average Bonchev–Trinajstić information content (AvgIpc) is 3.02. The highest BCUT2D eigenvalue weighted by atomic mass is 32.1. The van der Waals surface area contributed by atoms with Gasteiger partial charge in [-0.15, -0.1) is 10.2 Å². The van der Waals surface area contributed by atoms with E-state index in [0.29, 0.717) is 24.4 Å². The third-order valence-electron chi connectivity index (χ3n) is 3.42. The van der Waals surface area contributed by atoms with Crippen molar-refractivity contribution in [1.82, 2.24) is 10.2 Å². The molecular weight excluding hydrogens is 328 g/mol. The van der Waals surface area contributed by atoms with E-state index < -0.39 is 6.04 Å². The van der Waals surface area contributed by atoms with E-state index in [2.05, 4.69) is 20.3 Å². The summed E-state index contributed by atoms with van der Waals surface area (Å²) in [6.07, 6.45) is 1.56. The van der Waals surface area contributed by atoms with Crippen LogP contribution < -0.4 is 11.1 Å². The molecule has 0 saturated carbocycles. The van der Waals surface area contributed by atoms with Crippen molar-refractivity contribution in [3.05, 3.63) is 40.4 Å². The van der Waals surface area contributed by atoms with Crippen molar-refractivity contribution >= 4 is 28.3 Å². The summed E-state index contributed by atoms with van der Waals surface area (Å²) in [5.74, 6) is -0.590. The molecule has 0 saturated heterocycles. The maximum absolute atomic E-state index is 12.2. The van der Waals surface area contributed by atoms with Gasteiger partial charge in [-0.25, -0.2) is 0 Å². The number of carbonyl (C=O) groups is 2. The number of aryl methyl sites for hydroxylation is 2. The molecule has 1 atom stereocenters. The third kappa shape index (κ3) is 5.10. The van der Waals surface area contributed by atoms with Crippen LogP contribution >= 0.6 is 11.3 Å². The molecule has 0 fully saturated rings. The zero-order valence-electron chi connectivity index (χ0n) is 13.6. The Balaban J connectivity index is 1.88. The van der Waals surface area contributed by atoms with Crippen molar-refractivity contribution in [2.24, 2.45) is 5.73 Å². The summed E-state index contributed by atoms with van der Waals surface area (Å²) in [6.45, 7) is 1.97. The topological polar surface area (TPSA) is 107 Å². The number of anilines is 1. The fourth-order valence-electron chi connectivity index (χ4n) is 2.00. The van der Waals surface area contributed by atoms with Crippen LogP contribution in [0.3, 0.4) is 0 Å². The molecule has 1 heterocycles. The molecule has 0 bridgehead atoms. The first-order chi connectivity index (χ1) is 11.5. The highest BCUT2D eigenvalue weighted by molar-refractivity contribution is 7.15. The first-order valence-corrected chi connectivity index (χ1v) is 8.33. The molecule has 1 amide bonds. The number of nitrogens with zero attached hydrogens (tertiary/aromatic N) is 2. The molecule has 0 aliphatic rings. The summed E-state index contributed by atoms with van der Waals surface area (Å²) >= 11 is 1.27. The van der Waals surface area contributed by atoms with Crippen LogP contribution in [-0.4, -0.2) is 29.2 Å². The number of amides is 1. The van der Waals surface area contributed by atoms with Gasteiger partial charge < -0.3 is 10.5 Å². The number of ether oxygens (including phenoxy) is 1. The molecular formula is C16H20N4O3S. The zero-order valence-corrected chi connectivity index (χ0v) is 14.4. The van der Waals surface area contributed by atoms with Gasteiger partial charge in [-0.3, -0.25) is 14.9 Å². The lowest BCUT2D eigenvalue weighted by molar-refractivity contribution is -0.140. The number of methoxy groups -OCH3 is 1. The van der Waals surface area contributed by atoms with E-state index in [9.17, 15) is 9.59 Å². The van der Waals surface area contributed by atoms with Crippen molar-refractivity contribution in [1.29, 1.82) is 0 Å². The van der Waals surface area contributed by atoms with E-state index >= 15 is 0 Å². The number of nitrogens with one attached hydrogen (secondary N) is 1. The normalized spacial score (nSPS) is 11.8. The van der Waals surface area contributed by atoms with E-state index in [1.54, 1.807) is 0 Å². The van der Waals surface area contributed by atoms with Crippen molar-refractivity contribution < 1.29 is 14.3 Å². The number of esters is 1. The fourth-order valence-corrected chi connectivity index (χ4v) is 2.78. The molecule has 1 unspecified atom stereocenters. The standard InChI is InChI=1S/C16H20N4O3S/c1-10-6-8-11(9-7-10)14(17)15(22)18-16-20-19-12(24-16)4-3-5-13(21)23-2/h6-9,14H,3-5,17H2,1-2H3,(H,18,20,22). The van der Waals surface area contributed by atoms with Crippen LogP contribution in [0.4, 0.5) is 5.13 Å². The van der Waals surface area contributed by atoms with Gasteiger partial charge in [-0.05, 0) is 18.9 Å². The first kappa shape index (κ1) is 18.0. The van der Waals surface area contributed by atoms with E-state index in [-0.39, 0.29) is 11.9 Å². The second-order valence-electron chi connectivity index (χ2n) is 5.31. The minimum atomic E-state index is -0.766. The lowest BCUT2D eigenvalue weighted by Gasteiger charge is -2.11. The zero-order chi connectivity index (χ0) is 17.5. The van der Waals surface area contributed by atoms with Crippen molar-refractivity contribution in [3.63, 3.8) is 0 Å². The largest absolute Gasteiger partial charge is 0.469 e. The number of hydrogen-bond acceptors (Lipinski definition) is 7. The summed E-state index contributed by atoms with van der Waals surface area (Å²) in [5.41, 5.74) is 7.81. The molecule has 2 rings (SSSR count). The summed E-state index contributed by atoms with van der Waals surface area (Å²) in [5, 5.41) is 11.7. The Morgan fingerprint density at radius 2 is 2.00 bits per heavy atom. The average molecular weight is 348 g/mol. The molecule has 0 radical (unpaired) electrons. The van der Waals surface area contributed by atoms with Crippen LogP contribution in [0.15, 0.2) is 24.3 Å². The van der Waals surface area contributed by atoms with Crippen molar-refractivity contribution in [3.8, 4) is 0 Å². The Morgan fingerprint density at radius 3 is 2.67 bits per heavy atom. The van der Waals surface area contributed by atoms with Crippen LogP contribution in [0.25, 0.3) is 0 Å². The van der Waals surface area contributed by atoms with Crippen LogP contribution in [0.5, 0.6) is 0 Å². The molecule has 8 heteroatoms. The summed E-state index contributed by atoms with van der Waals surface area (Å²) in [4.78, 5) is 23.2. The molecule has 3 N–H and O–H groups in total. The molecule has 0 aliphatic carbocycles. The summed E-state index contributed by atoms with van der Waals surface area (Å²) < 4.78 is 4.58. The van der Waals surface area contributed by atoms with Gasteiger partial charge in [-0.2, -0.15) is 0 Å². The molecule has 2 aromatic rings. The third-order valence-corrected chi connectivity index (χ3v) is 4.31. The number of aromatic nitrogens is 2. The number of nitrogens with two attached hydrogens (primary N) is 1. The number of carbonyl (C=O) groups excluding carboxylic acids is 2. The molecule has 7 nitrogen and oxygen atoms in total. The minimum Gasteiger partial charge on any atom is -0.469 e. The maximum Gasteiger partial charge on any atom is 0.305 e. The SMILES string of the molecule is COC(=O)CCCc1nnc(NC(=O)C(N)c2ccc(C)cc2)s1. The molecule has 24 heavy (non-hydrogen) atoms. The lowest BCUT2D eigenvalue weighted by atomic mass is 10.1. The van der Waals surface area contributed by atoms with E-state index in [1.807, 2.05) is 31.2 Å². The second kappa shape index (κ2) is 8.51. The molecule has 0 spiro atoms. The number of benzene rings is 1. The molecule has 0 aliphatic heterocycles. The van der Waals surface area contributed by atoms with Gasteiger partial charge >= 0.3 is 5.97 Å². The first-order valence-electron chi connectivity index (χ1n) is 7.52. The monoisotopic (exact) mass is 348 g/mol. The van der Waals surface area contributed by atoms with Crippen LogP contribution in [0.1, 0.15) is 35.0 Å². The smallest absolute Gasteiger partial charge is 0.305 e. The highest BCUT2D eigenvalue weighted by Gasteiger charge is 2.17. The van der Waals surface area contributed by atoms with Gasteiger partial charge in [0.2, 0.25) is 11.0 Å². The fraction of sp³-hybridized carbons (Fsp3) is 0.375. The van der Waals surface area contributed by atoms with E-state index in [0.717, 1.165) is 16.1 Å². The Labute approximate surface area is 144 Å². The Kier molecular flexibility index (Phi) is 6.39.